The van der Waals surface area contributed by atoms with Crippen molar-refractivity contribution in [3.8, 4) is 12.3 Å². The van der Waals surface area contributed by atoms with Crippen LogP contribution in [-0.2, 0) is 4.79 Å². The van der Waals surface area contributed by atoms with Crippen LogP contribution in [0.2, 0.25) is 0 Å². The zero-order chi connectivity index (χ0) is 9.52. The summed E-state index contributed by atoms with van der Waals surface area (Å²) in [5.74, 6) is 3.53. The van der Waals surface area contributed by atoms with Crippen LogP contribution in [0.15, 0.2) is 0 Å². The number of carbonyl (C=O) groups excluding carboxylic acids is 1. The van der Waals surface area contributed by atoms with Gasteiger partial charge in [0, 0.05) is 19.3 Å². The van der Waals surface area contributed by atoms with E-state index in [0.29, 0.717) is 25.0 Å². The van der Waals surface area contributed by atoms with Gasteiger partial charge in [-0.2, -0.15) is 0 Å². The van der Waals surface area contributed by atoms with E-state index in [9.17, 15) is 4.79 Å². The van der Waals surface area contributed by atoms with E-state index in [0.717, 1.165) is 25.4 Å². The van der Waals surface area contributed by atoms with Crippen molar-refractivity contribution in [1.29, 1.82) is 0 Å². The van der Waals surface area contributed by atoms with Crippen LogP contribution in [-0.4, -0.2) is 18.9 Å². The van der Waals surface area contributed by atoms with Crippen molar-refractivity contribution >= 4 is 5.78 Å². The van der Waals surface area contributed by atoms with Crippen molar-refractivity contribution in [2.45, 2.75) is 32.1 Å². The Kier molecular flexibility index (Phi) is 4.56. The fraction of sp³-hybridized carbons (Fsp3) is 0.727. The molecule has 1 N–H and O–H groups in total. The molecule has 0 aliphatic carbocycles. The molecule has 0 saturated carbocycles. The monoisotopic (exact) mass is 179 g/mol. The van der Waals surface area contributed by atoms with Crippen LogP contribution in [0.1, 0.15) is 32.1 Å². The third kappa shape index (κ3) is 4.10. The average Bonchev–Trinajstić information content (AvgIpc) is 2.64. The van der Waals surface area contributed by atoms with Gasteiger partial charge in [-0.15, -0.1) is 12.3 Å². The lowest BCUT2D eigenvalue weighted by atomic mass is 9.99. The third-order valence-corrected chi connectivity index (χ3v) is 2.54. The van der Waals surface area contributed by atoms with Gasteiger partial charge in [0.15, 0.2) is 0 Å². The van der Waals surface area contributed by atoms with Gasteiger partial charge in [0.2, 0.25) is 0 Å². The van der Waals surface area contributed by atoms with Crippen molar-refractivity contribution in [3.63, 3.8) is 0 Å². The summed E-state index contributed by atoms with van der Waals surface area (Å²) in [6.07, 6.45) is 9.23. The highest BCUT2D eigenvalue weighted by molar-refractivity contribution is 5.78. The number of carbonyl (C=O) groups is 1. The first kappa shape index (κ1) is 10.3. The highest BCUT2D eigenvalue weighted by Crippen LogP contribution is 2.15. The fourth-order valence-corrected chi connectivity index (χ4v) is 1.66. The van der Waals surface area contributed by atoms with Crippen LogP contribution < -0.4 is 5.32 Å². The SMILES string of the molecule is C#CCCC(=O)CCC1CCNC1. The summed E-state index contributed by atoms with van der Waals surface area (Å²) in [6.45, 7) is 2.20. The molecular weight excluding hydrogens is 162 g/mol. The molecule has 0 radical (unpaired) electrons. The van der Waals surface area contributed by atoms with Crippen LogP contribution in [0, 0.1) is 18.3 Å². The van der Waals surface area contributed by atoms with Crippen molar-refractivity contribution in [3.05, 3.63) is 0 Å². The van der Waals surface area contributed by atoms with E-state index < -0.39 is 0 Å². The number of terminal acetylenes is 1. The molecule has 0 aromatic heterocycles. The summed E-state index contributed by atoms with van der Waals surface area (Å²) in [5.41, 5.74) is 0. The van der Waals surface area contributed by atoms with Crippen LogP contribution in [0.4, 0.5) is 0 Å². The summed E-state index contributed by atoms with van der Waals surface area (Å²) in [5, 5.41) is 3.30. The Morgan fingerprint density at radius 1 is 1.54 bits per heavy atom. The second-order valence-electron chi connectivity index (χ2n) is 3.64. The maximum atomic E-state index is 11.2. The predicted molar refractivity (Wildman–Crippen MR) is 53.3 cm³/mol. The van der Waals surface area contributed by atoms with Crippen molar-refractivity contribution in [2.75, 3.05) is 13.1 Å². The first-order chi connectivity index (χ1) is 6.33. The third-order valence-electron chi connectivity index (χ3n) is 2.54. The van der Waals surface area contributed by atoms with Gasteiger partial charge in [0.1, 0.15) is 5.78 Å². The van der Waals surface area contributed by atoms with Gasteiger partial charge in [0.25, 0.3) is 0 Å². The molecule has 1 saturated heterocycles. The summed E-state index contributed by atoms with van der Waals surface area (Å²) >= 11 is 0. The number of rotatable bonds is 5. The molecule has 0 aromatic rings. The summed E-state index contributed by atoms with van der Waals surface area (Å²) in [7, 11) is 0. The lowest BCUT2D eigenvalue weighted by Gasteiger charge is -2.05. The number of hydrogen-bond acceptors (Lipinski definition) is 2. The second kappa shape index (κ2) is 5.77. The van der Waals surface area contributed by atoms with Gasteiger partial charge in [-0.25, -0.2) is 0 Å². The normalized spacial score (nSPS) is 21.3. The van der Waals surface area contributed by atoms with Crippen molar-refractivity contribution < 1.29 is 4.79 Å². The lowest BCUT2D eigenvalue weighted by Crippen LogP contribution is -2.10. The van der Waals surface area contributed by atoms with Gasteiger partial charge < -0.3 is 5.32 Å². The fourth-order valence-electron chi connectivity index (χ4n) is 1.66. The highest BCUT2D eigenvalue weighted by Gasteiger charge is 2.15. The van der Waals surface area contributed by atoms with Crippen LogP contribution in [0.3, 0.4) is 0 Å². The number of hydrogen-bond donors (Lipinski definition) is 1. The minimum Gasteiger partial charge on any atom is -0.316 e. The molecule has 2 heteroatoms. The number of nitrogens with one attached hydrogen (secondary N) is 1. The van der Waals surface area contributed by atoms with E-state index in [-0.39, 0.29) is 0 Å². The van der Waals surface area contributed by atoms with E-state index in [2.05, 4.69) is 11.2 Å². The molecule has 1 aliphatic heterocycles. The van der Waals surface area contributed by atoms with Gasteiger partial charge in [-0.05, 0) is 31.8 Å². The van der Waals surface area contributed by atoms with E-state index in [1.165, 1.54) is 6.42 Å². The van der Waals surface area contributed by atoms with Gasteiger partial charge >= 0.3 is 0 Å². The number of Topliss-reactive ketones (excluding diaryl/α,β-unsaturated/α-hetero) is 1. The van der Waals surface area contributed by atoms with E-state index in [1.54, 1.807) is 0 Å². The van der Waals surface area contributed by atoms with Crippen LogP contribution >= 0.6 is 0 Å². The first-order valence-electron chi connectivity index (χ1n) is 4.99. The molecule has 0 bridgehead atoms. The Hall–Kier alpha value is -0.810. The molecule has 0 spiro atoms. The molecule has 1 aliphatic rings. The minimum atomic E-state index is 0.324. The molecule has 72 valence electrons. The Morgan fingerprint density at radius 2 is 2.38 bits per heavy atom. The van der Waals surface area contributed by atoms with E-state index in [1.807, 2.05) is 0 Å². The summed E-state index contributed by atoms with van der Waals surface area (Å²) in [6, 6.07) is 0. The molecule has 2 nitrogen and oxygen atoms in total. The molecule has 0 amide bonds. The van der Waals surface area contributed by atoms with Crippen LogP contribution in [0.25, 0.3) is 0 Å². The topological polar surface area (TPSA) is 29.1 Å². The average molecular weight is 179 g/mol. The molecular formula is C11H17NO. The van der Waals surface area contributed by atoms with E-state index >= 15 is 0 Å². The van der Waals surface area contributed by atoms with Crippen molar-refractivity contribution in [2.24, 2.45) is 5.92 Å². The summed E-state index contributed by atoms with van der Waals surface area (Å²) < 4.78 is 0. The number of ketones is 1. The standard InChI is InChI=1S/C11H17NO/c1-2-3-4-11(13)6-5-10-7-8-12-9-10/h1,10,12H,3-9H2. The van der Waals surface area contributed by atoms with Crippen molar-refractivity contribution in [1.82, 2.24) is 5.32 Å². The van der Waals surface area contributed by atoms with Gasteiger partial charge in [-0.3, -0.25) is 4.79 Å². The maximum Gasteiger partial charge on any atom is 0.133 e. The van der Waals surface area contributed by atoms with Crippen LogP contribution in [0.5, 0.6) is 0 Å². The largest absolute Gasteiger partial charge is 0.316 e. The van der Waals surface area contributed by atoms with Gasteiger partial charge in [0.05, 0.1) is 0 Å². The maximum absolute atomic E-state index is 11.2. The lowest BCUT2D eigenvalue weighted by molar-refractivity contribution is -0.119. The van der Waals surface area contributed by atoms with Gasteiger partial charge in [-0.1, -0.05) is 0 Å². The Labute approximate surface area is 80.1 Å². The Balaban J connectivity index is 2.04. The molecule has 1 heterocycles. The quantitative estimate of drug-likeness (QED) is 0.646. The van der Waals surface area contributed by atoms with E-state index in [4.69, 9.17) is 6.42 Å². The highest BCUT2D eigenvalue weighted by atomic mass is 16.1. The summed E-state index contributed by atoms with van der Waals surface area (Å²) in [4.78, 5) is 11.2. The molecule has 1 fully saturated rings. The smallest absolute Gasteiger partial charge is 0.133 e. The molecule has 0 aromatic carbocycles. The second-order valence-corrected chi connectivity index (χ2v) is 3.64. The molecule has 1 unspecified atom stereocenters. The minimum absolute atomic E-state index is 0.324. The Morgan fingerprint density at radius 3 is 3.00 bits per heavy atom. The molecule has 1 rings (SSSR count). The Bertz CT molecular complexity index is 199. The zero-order valence-electron chi connectivity index (χ0n) is 8.01. The molecule has 1 atom stereocenters. The first-order valence-corrected chi connectivity index (χ1v) is 4.99. The zero-order valence-corrected chi connectivity index (χ0v) is 8.01. The molecule has 13 heavy (non-hydrogen) atoms. The predicted octanol–water partition coefficient (Wildman–Crippen LogP) is 1.36.